The molecule has 0 unspecified atom stereocenters. The third kappa shape index (κ3) is 2.59. The summed E-state index contributed by atoms with van der Waals surface area (Å²) in [7, 11) is 1.45. The molecule has 1 aliphatic rings. The van der Waals surface area contributed by atoms with Crippen molar-refractivity contribution in [3.63, 3.8) is 0 Å². The molecule has 0 saturated heterocycles. The normalized spacial score (nSPS) is 18.3. The van der Waals surface area contributed by atoms with Gasteiger partial charge in [0, 0.05) is 17.5 Å². The molecule has 0 heterocycles. The Morgan fingerprint density at radius 2 is 1.95 bits per heavy atom. The highest BCUT2D eigenvalue weighted by molar-refractivity contribution is 5.44. The number of benzene rings is 1. The van der Waals surface area contributed by atoms with E-state index in [1.165, 1.54) is 19.6 Å². The van der Waals surface area contributed by atoms with Crippen LogP contribution in [-0.4, -0.2) is 13.7 Å². The second-order valence-electron chi connectivity index (χ2n) is 5.34. The van der Waals surface area contributed by atoms with Gasteiger partial charge in [-0.2, -0.15) is 0 Å². The van der Waals surface area contributed by atoms with E-state index in [4.69, 9.17) is 10.5 Å². The quantitative estimate of drug-likeness (QED) is 0.908. The fraction of sp³-hybridized carbons (Fsp3) is 0.600. The molecule has 4 heteroatoms. The van der Waals surface area contributed by atoms with Gasteiger partial charge in [0.1, 0.15) is 6.67 Å². The summed E-state index contributed by atoms with van der Waals surface area (Å²) < 4.78 is 32.1. The zero-order valence-electron chi connectivity index (χ0n) is 11.3. The summed E-state index contributed by atoms with van der Waals surface area (Å²) in [4.78, 5) is 0. The fourth-order valence-electron chi connectivity index (χ4n) is 3.14. The van der Waals surface area contributed by atoms with Gasteiger partial charge in [-0.15, -0.1) is 0 Å². The van der Waals surface area contributed by atoms with Gasteiger partial charge in [-0.3, -0.25) is 0 Å². The Morgan fingerprint density at radius 3 is 2.47 bits per heavy atom. The van der Waals surface area contributed by atoms with Gasteiger partial charge in [0.25, 0.3) is 0 Å². The standard InChI is InChI=1S/C15H21F2NO/c1-19-14-12(7-11(9-16)8-13(14)17)15(10-18)5-3-2-4-6-15/h7-8H,2-6,9-10,18H2,1H3. The number of ether oxygens (including phenoxy) is 1. The number of rotatable bonds is 4. The number of methoxy groups -OCH3 is 1. The molecule has 0 radical (unpaired) electrons. The Labute approximate surface area is 112 Å². The minimum Gasteiger partial charge on any atom is -0.493 e. The average molecular weight is 269 g/mol. The van der Waals surface area contributed by atoms with Crippen molar-refractivity contribution in [1.82, 2.24) is 0 Å². The largest absolute Gasteiger partial charge is 0.493 e. The van der Waals surface area contributed by atoms with Crippen molar-refractivity contribution in [2.75, 3.05) is 13.7 Å². The van der Waals surface area contributed by atoms with Crippen LogP contribution >= 0.6 is 0 Å². The lowest BCUT2D eigenvalue weighted by Gasteiger charge is -2.38. The lowest BCUT2D eigenvalue weighted by Crippen LogP contribution is -2.37. The molecule has 1 aromatic carbocycles. The second-order valence-corrected chi connectivity index (χ2v) is 5.34. The van der Waals surface area contributed by atoms with Crippen molar-refractivity contribution in [3.05, 3.63) is 29.1 Å². The van der Waals surface area contributed by atoms with Gasteiger partial charge in [0.05, 0.1) is 7.11 Å². The summed E-state index contributed by atoms with van der Waals surface area (Å²) in [6, 6.07) is 2.93. The van der Waals surface area contributed by atoms with Crippen molar-refractivity contribution in [3.8, 4) is 5.75 Å². The molecular formula is C15H21F2NO. The van der Waals surface area contributed by atoms with Gasteiger partial charge in [-0.25, -0.2) is 8.78 Å². The van der Waals surface area contributed by atoms with Crippen LogP contribution in [0.4, 0.5) is 8.78 Å². The molecule has 1 fully saturated rings. The molecule has 0 aliphatic heterocycles. The predicted octanol–water partition coefficient (Wildman–Crippen LogP) is 3.46. The Morgan fingerprint density at radius 1 is 1.26 bits per heavy atom. The maximum atomic E-state index is 14.0. The number of alkyl halides is 1. The maximum Gasteiger partial charge on any atom is 0.165 e. The summed E-state index contributed by atoms with van der Waals surface area (Å²) in [5, 5.41) is 0. The van der Waals surface area contributed by atoms with Crippen molar-refractivity contribution >= 4 is 0 Å². The number of hydrogen-bond acceptors (Lipinski definition) is 2. The van der Waals surface area contributed by atoms with Crippen LogP contribution in [0.1, 0.15) is 43.2 Å². The molecule has 1 aliphatic carbocycles. The zero-order valence-corrected chi connectivity index (χ0v) is 11.3. The van der Waals surface area contributed by atoms with Gasteiger partial charge < -0.3 is 10.5 Å². The van der Waals surface area contributed by atoms with Crippen LogP contribution in [0.3, 0.4) is 0 Å². The summed E-state index contributed by atoms with van der Waals surface area (Å²) in [5.41, 5.74) is 6.79. The molecule has 1 aromatic rings. The number of halogens is 2. The van der Waals surface area contributed by atoms with E-state index in [-0.39, 0.29) is 11.2 Å². The molecule has 0 bridgehead atoms. The maximum absolute atomic E-state index is 14.0. The highest BCUT2D eigenvalue weighted by atomic mass is 19.1. The van der Waals surface area contributed by atoms with Gasteiger partial charge in [0.2, 0.25) is 0 Å². The second kappa shape index (κ2) is 5.87. The van der Waals surface area contributed by atoms with Crippen molar-refractivity contribution < 1.29 is 13.5 Å². The van der Waals surface area contributed by atoms with Gasteiger partial charge in [-0.05, 0) is 30.5 Å². The molecule has 2 nitrogen and oxygen atoms in total. The van der Waals surface area contributed by atoms with Crippen LogP contribution in [0.2, 0.25) is 0 Å². The lowest BCUT2D eigenvalue weighted by molar-refractivity contribution is 0.282. The smallest absolute Gasteiger partial charge is 0.165 e. The Kier molecular flexibility index (Phi) is 4.40. The van der Waals surface area contributed by atoms with E-state index in [1.54, 1.807) is 6.07 Å². The Bertz CT molecular complexity index is 442. The van der Waals surface area contributed by atoms with Crippen LogP contribution in [-0.2, 0) is 12.1 Å². The number of nitrogens with two attached hydrogens (primary N) is 1. The molecule has 19 heavy (non-hydrogen) atoms. The first kappa shape index (κ1) is 14.3. The third-order valence-electron chi connectivity index (χ3n) is 4.23. The molecule has 106 valence electrons. The van der Waals surface area contributed by atoms with E-state index >= 15 is 0 Å². The molecule has 1 saturated carbocycles. The van der Waals surface area contributed by atoms with Gasteiger partial charge in [0.15, 0.2) is 11.6 Å². The van der Waals surface area contributed by atoms with E-state index in [0.717, 1.165) is 31.2 Å². The van der Waals surface area contributed by atoms with Crippen molar-refractivity contribution in [2.45, 2.75) is 44.2 Å². The molecule has 0 amide bonds. The molecule has 0 aromatic heterocycles. The Hall–Kier alpha value is -1.16. The molecule has 2 N–H and O–H groups in total. The first-order valence-corrected chi connectivity index (χ1v) is 6.80. The molecule has 2 rings (SSSR count). The fourth-order valence-corrected chi connectivity index (χ4v) is 3.14. The predicted molar refractivity (Wildman–Crippen MR) is 71.6 cm³/mol. The third-order valence-corrected chi connectivity index (χ3v) is 4.23. The van der Waals surface area contributed by atoms with Crippen molar-refractivity contribution in [1.29, 1.82) is 0 Å². The van der Waals surface area contributed by atoms with E-state index in [1.807, 2.05) is 0 Å². The SMILES string of the molecule is COc1c(F)cc(CF)cc1C1(CN)CCCCC1. The average Bonchev–Trinajstić information content (AvgIpc) is 2.47. The molecule has 0 spiro atoms. The monoisotopic (exact) mass is 269 g/mol. The van der Waals surface area contributed by atoms with Crippen molar-refractivity contribution in [2.24, 2.45) is 5.73 Å². The highest BCUT2D eigenvalue weighted by Gasteiger charge is 2.36. The summed E-state index contributed by atoms with van der Waals surface area (Å²) in [6.45, 7) is -0.229. The van der Waals surface area contributed by atoms with Crippen LogP contribution in [0, 0.1) is 5.82 Å². The molecular weight excluding hydrogens is 248 g/mol. The van der Waals surface area contributed by atoms with Gasteiger partial charge in [-0.1, -0.05) is 19.3 Å². The van der Waals surface area contributed by atoms with E-state index in [9.17, 15) is 8.78 Å². The first-order chi connectivity index (χ1) is 9.16. The van der Waals surface area contributed by atoms with Crippen LogP contribution in [0.5, 0.6) is 5.75 Å². The van der Waals surface area contributed by atoms with Crippen LogP contribution in [0.25, 0.3) is 0 Å². The first-order valence-electron chi connectivity index (χ1n) is 6.80. The summed E-state index contributed by atoms with van der Waals surface area (Å²) in [5.74, 6) is -0.268. The van der Waals surface area contributed by atoms with Crippen LogP contribution < -0.4 is 10.5 Å². The van der Waals surface area contributed by atoms with E-state index < -0.39 is 12.5 Å². The zero-order chi connectivity index (χ0) is 13.9. The van der Waals surface area contributed by atoms with Gasteiger partial charge >= 0.3 is 0 Å². The van der Waals surface area contributed by atoms with E-state index in [2.05, 4.69) is 0 Å². The Balaban J connectivity index is 2.54. The minimum atomic E-state index is -0.672. The highest BCUT2D eigenvalue weighted by Crippen LogP contribution is 2.44. The minimum absolute atomic E-state index is 0.226. The number of hydrogen-bond donors (Lipinski definition) is 1. The van der Waals surface area contributed by atoms with E-state index in [0.29, 0.717) is 12.1 Å². The lowest BCUT2D eigenvalue weighted by atomic mass is 9.69. The van der Waals surface area contributed by atoms with Crippen LogP contribution in [0.15, 0.2) is 12.1 Å². The topological polar surface area (TPSA) is 35.2 Å². The summed E-state index contributed by atoms with van der Waals surface area (Å²) >= 11 is 0. The molecule has 0 atom stereocenters. The summed E-state index contributed by atoms with van der Waals surface area (Å²) in [6.07, 6.45) is 5.14.